The van der Waals surface area contributed by atoms with Gasteiger partial charge in [0.25, 0.3) is 0 Å². The molecule has 2 aromatic carbocycles. The van der Waals surface area contributed by atoms with E-state index in [1.165, 1.54) is 12.1 Å². The van der Waals surface area contributed by atoms with Gasteiger partial charge in [0.05, 0.1) is 10.8 Å². The molecule has 4 atom stereocenters. The van der Waals surface area contributed by atoms with Crippen molar-refractivity contribution in [2.24, 2.45) is 0 Å². The summed E-state index contributed by atoms with van der Waals surface area (Å²) in [5.41, 5.74) is -0.451. The van der Waals surface area contributed by atoms with Gasteiger partial charge >= 0.3 is 0 Å². The minimum absolute atomic E-state index is 0.0212. The Morgan fingerprint density at radius 2 is 0.963 bits per heavy atom. The third-order valence-corrected chi connectivity index (χ3v) is 18.5. The van der Waals surface area contributed by atoms with E-state index < -0.39 is 45.3 Å². The summed E-state index contributed by atoms with van der Waals surface area (Å²) >= 11 is 0. The van der Waals surface area contributed by atoms with Gasteiger partial charge < -0.3 is 39.0 Å². The van der Waals surface area contributed by atoms with Gasteiger partial charge in [-0.2, -0.15) is 0 Å². The number of aromatic nitrogens is 8. The molecule has 6 aromatic rings. The highest BCUT2D eigenvalue weighted by atomic mass is 19.2. The Bertz CT molecular complexity index is 3220. The zero-order valence-electron chi connectivity index (χ0n) is 47.0. The van der Waals surface area contributed by atoms with Crippen molar-refractivity contribution >= 4 is 35.3 Å². The third kappa shape index (κ3) is 10.0. The molecule has 2 fully saturated rings. The summed E-state index contributed by atoms with van der Waals surface area (Å²) < 4.78 is 73.3. The molecule has 4 aromatic heterocycles. The maximum atomic E-state index is 14.9. The zero-order chi connectivity index (χ0) is 57.9. The molecule has 6 aliphatic heterocycles. The Balaban J connectivity index is 0.000000172. The van der Waals surface area contributed by atoms with Crippen LogP contribution < -0.4 is 10.6 Å². The number of carbonyl (C=O) groups excluding carboxylic acids is 4. The Morgan fingerprint density at radius 1 is 0.573 bits per heavy atom. The van der Waals surface area contributed by atoms with Gasteiger partial charge in [-0.25, -0.2) is 27.5 Å². The standard InChI is InChI=1S/2C30H34F2N6O3/c2*1-29(2,41-3)27-36-35-26-18(9-10-19(17-38(26)27)20-6-4-8-22(31)24(20)32)16-23(39)37-14-11-30(12-15-37)21-7-5-13-33-25(21)34-28(30)40/h2*4-8,13,18-19H,9-12,14-17H2,1-3H3,(H,33,34,40)/t2*18-,19+/m10/s1. The van der Waals surface area contributed by atoms with Gasteiger partial charge in [0.1, 0.15) is 34.5 Å². The first-order valence-corrected chi connectivity index (χ1v) is 28.2. The fourth-order valence-electron chi connectivity index (χ4n) is 13.3. The molecule has 2 spiro atoms. The van der Waals surface area contributed by atoms with Crippen molar-refractivity contribution in [2.45, 2.75) is 151 Å². The van der Waals surface area contributed by atoms with Crippen LogP contribution in [0.25, 0.3) is 0 Å². The molecule has 22 heteroatoms. The lowest BCUT2D eigenvalue weighted by Gasteiger charge is -2.38. The van der Waals surface area contributed by atoms with Gasteiger partial charge in [-0.15, -0.1) is 20.4 Å². The van der Waals surface area contributed by atoms with E-state index in [1.54, 1.807) is 38.7 Å². The number of rotatable bonds is 10. The van der Waals surface area contributed by atoms with Gasteiger partial charge in [0.2, 0.25) is 23.6 Å². The van der Waals surface area contributed by atoms with E-state index in [9.17, 15) is 36.7 Å². The maximum Gasteiger partial charge on any atom is 0.236 e. The highest BCUT2D eigenvalue weighted by molar-refractivity contribution is 6.06. The van der Waals surface area contributed by atoms with Crippen molar-refractivity contribution in [3.8, 4) is 0 Å². The molecule has 0 unspecified atom stereocenters. The second-order valence-corrected chi connectivity index (χ2v) is 23.7. The van der Waals surface area contributed by atoms with Crippen molar-refractivity contribution in [3.63, 3.8) is 0 Å². The lowest BCUT2D eigenvalue weighted by Crippen LogP contribution is -2.48. The van der Waals surface area contributed by atoms with Gasteiger partial charge in [-0.1, -0.05) is 36.4 Å². The number of ether oxygens (including phenoxy) is 2. The average Bonchev–Trinajstić information content (AvgIpc) is 4.12. The second-order valence-electron chi connectivity index (χ2n) is 23.7. The SMILES string of the molecule is COC(C)(C)c1nnc2n1C[C@@H](c1cccc(F)c1F)CC[C@@H]2CC(=O)N1CCC2(CC1)C(=O)Nc1ncccc12.COC(C)(C)c1nnc2n1C[C@H](c1cccc(F)c1F)CC[C@H]2CC(=O)N1CCC2(CC1)C(=O)Nc1ncccc12. The Kier molecular flexibility index (Phi) is 15.2. The van der Waals surface area contributed by atoms with Crippen LogP contribution >= 0.6 is 0 Å². The highest BCUT2D eigenvalue weighted by Crippen LogP contribution is 2.47. The molecule has 0 saturated carbocycles. The minimum atomic E-state index is -0.878. The number of hydrogen-bond donors (Lipinski definition) is 2. The number of benzene rings is 2. The van der Waals surface area contributed by atoms with Crippen LogP contribution in [0.5, 0.6) is 0 Å². The number of methoxy groups -OCH3 is 2. The summed E-state index contributed by atoms with van der Waals surface area (Å²) in [6, 6.07) is 16.1. The van der Waals surface area contributed by atoms with Gasteiger partial charge in [0, 0.05) is 114 Å². The molecule has 82 heavy (non-hydrogen) atoms. The molecule has 18 nitrogen and oxygen atoms in total. The number of halogens is 4. The highest BCUT2D eigenvalue weighted by Gasteiger charge is 2.51. The lowest BCUT2D eigenvalue weighted by molar-refractivity contribution is -0.135. The van der Waals surface area contributed by atoms with E-state index in [0.717, 1.165) is 23.3 Å². The number of likely N-dealkylation sites (tertiary alicyclic amines) is 2. The number of hydrogen-bond acceptors (Lipinski definition) is 12. The number of pyridine rings is 2. The van der Waals surface area contributed by atoms with Crippen LogP contribution in [0.1, 0.15) is 161 Å². The molecule has 6 aliphatic rings. The summed E-state index contributed by atoms with van der Waals surface area (Å²) in [7, 11) is 3.18. The molecule has 2 saturated heterocycles. The number of nitrogens with zero attached hydrogens (tertiary/aromatic N) is 10. The Morgan fingerprint density at radius 3 is 1.34 bits per heavy atom. The molecule has 4 amide bonds. The maximum absolute atomic E-state index is 14.9. The van der Waals surface area contributed by atoms with Gasteiger partial charge in [0.15, 0.2) is 34.9 Å². The Labute approximate surface area is 472 Å². The number of amides is 4. The smallest absolute Gasteiger partial charge is 0.236 e. The Hall–Kier alpha value is -7.46. The first kappa shape index (κ1) is 56.4. The largest absolute Gasteiger partial charge is 0.371 e. The first-order chi connectivity index (χ1) is 39.3. The second kappa shape index (κ2) is 22.0. The summed E-state index contributed by atoms with van der Waals surface area (Å²) in [5, 5.41) is 23.7. The first-order valence-electron chi connectivity index (χ1n) is 28.2. The van der Waals surface area contributed by atoms with Crippen LogP contribution in [0.4, 0.5) is 29.2 Å². The van der Waals surface area contributed by atoms with E-state index in [0.29, 0.717) is 137 Å². The van der Waals surface area contributed by atoms with E-state index in [2.05, 4.69) is 41.0 Å². The predicted octanol–water partition coefficient (Wildman–Crippen LogP) is 8.79. The van der Waals surface area contributed by atoms with Crippen LogP contribution in [-0.4, -0.2) is 113 Å². The number of anilines is 2. The minimum Gasteiger partial charge on any atom is -0.371 e. The van der Waals surface area contributed by atoms with E-state index in [-0.39, 0.29) is 60.1 Å². The number of piperidine rings is 2. The van der Waals surface area contributed by atoms with Crippen molar-refractivity contribution in [1.29, 1.82) is 0 Å². The van der Waals surface area contributed by atoms with Crippen molar-refractivity contribution in [3.05, 3.63) is 142 Å². The zero-order valence-corrected chi connectivity index (χ0v) is 47.0. The van der Waals surface area contributed by atoms with Crippen molar-refractivity contribution < 1.29 is 46.2 Å². The molecule has 10 heterocycles. The number of fused-ring (bicyclic) bond motifs is 6. The molecule has 0 radical (unpaired) electrons. The number of carbonyl (C=O) groups is 4. The van der Waals surface area contributed by atoms with E-state index in [1.807, 2.05) is 70.9 Å². The average molecular weight is 1130 g/mol. The summed E-state index contributed by atoms with van der Waals surface area (Å²) in [5.74, 6) is -1.08. The van der Waals surface area contributed by atoms with E-state index >= 15 is 0 Å². The van der Waals surface area contributed by atoms with Crippen LogP contribution in [0.3, 0.4) is 0 Å². The molecule has 2 N–H and O–H groups in total. The summed E-state index contributed by atoms with van der Waals surface area (Å²) in [6.45, 7) is 10.0. The molecular formula is C60H68F4N12O6. The van der Waals surface area contributed by atoms with Crippen LogP contribution in [0.2, 0.25) is 0 Å². The van der Waals surface area contributed by atoms with Crippen LogP contribution in [0, 0.1) is 23.3 Å². The molecule has 432 valence electrons. The van der Waals surface area contributed by atoms with Crippen molar-refractivity contribution in [2.75, 3.05) is 51.0 Å². The molecular weight excluding hydrogens is 1060 g/mol. The topological polar surface area (TPSA) is 204 Å². The fraction of sp³-hybridized carbons (Fsp3) is 0.500. The van der Waals surface area contributed by atoms with E-state index in [4.69, 9.17) is 9.47 Å². The van der Waals surface area contributed by atoms with Gasteiger partial charge in [-0.3, -0.25) is 19.2 Å². The molecule has 0 aliphatic carbocycles. The van der Waals surface area contributed by atoms with Crippen LogP contribution in [0.15, 0.2) is 73.1 Å². The molecule has 0 bridgehead atoms. The third-order valence-electron chi connectivity index (χ3n) is 18.5. The fourth-order valence-corrected chi connectivity index (χ4v) is 13.3. The normalized spacial score (nSPS) is 21.8. The predicted molar refractivity (Wildman–Crippen MR) is 292 cm³/mol. The van der Waals surface area contributed by atoms with Crippen molar-refractivity contribution in [1.82, 2.24) is 49.3 Å². The molecule has 12 rings (SSSR count). The summed E-state index contributed by atoms with van der Waals surface area (Å²) in [4.78, 5) is 65.4. The quantitative estimate of drug-likeness (QED) is 0.124. The monoisotopic (exact) mass is 1130 g/mol. The number of nitrogens with one attached hydrogen (secondary N) is 2. The van der Waals surface area contributed by atoms with Gasteiger partial charge in [-0.05, 0) is 114 Å². The van der Waals surface area contributed by atoms with Crippen LogP contribution in [-0.2, 0) is 63.8 Å². The summed E-state index contributed by atoms with van der Waals surface area (Å²) in [6.07, 6.45) is 8.09. The lowest BCUT2D eigenvalue weighted by atomic mass is 9.74.